The molecule has 0 amide bonds. The molecule has 1 aliphatic heterocycles. The maximum Gasteiger partial charge on any atom is 0.352 e. The average molecular weight is 367 g/mol. The normalized spacial score (nSPS) is 14.5. The first kappa shape index (κ1) is 16.8. The van der Waals surface area contributed by atoms with E-state index in [2.05, 4.69) is 4.90 Å². The van der Waals surface area contributed by atoms with Gasteiger partial charge in [0.2, 0.25) is 0 Å². The number of thiazole rings is 1. The van der Waals surface area contributed by atoms with Gasteiger partial charge >= 0.3 is 5.97 Å². The Hall–Kier alpha value is -2.60. The monoisotopic (exact) mass is 367 g/mol. The highest BCUT2D eigenvalue weighted by Gasteiger charge is 2.17. The van der Waals surface area contributed by atoms with Gasteiger partial charge in [-0.2, -0.15) is 0 Å². The smallest absolute Gasteiger partial charge is 0.352 e. The van der Waals surface area contributed by atoms with E-state index in [0.717, 1.165) is 35.0 Å². The molecule has 26 heavy (non-hydrogen) atoms. The molecule has 5 nitrogen and oxygen atoms in total. The van der Waals surface area contributed by atoms with Gasteiger partial charge in [-0.3, -0.25) is 0 Å². The second kappa shape index (κ2) is 7.33. The Kier molecular flexibility index (Phi) is 4.75. The number of benzene rings is 1. The number of nitrogens with zero attached hydrogens (tertiary/aromatic N) is 3. The fraction of sp³-hybridized carbons (Fsp3) is 0.300. The first-order valence-corrected chi connectivity index (χ1v) is 9.77. The van der Waals surface area contributed by atoms with Crippen molar-refractivity contribution >= 4 is 22.4 Å². The van der Waals surface area contributed by atoms with Gasteiger partial charge < -0.3 is 14.6 Å². The molecule has 1 saturated heterocycles. The third-order valence-corrected chi connectivity index (χ3v) is 5.67. The quantitative estimate of drug-likeness (QED) is 0.728. The lowest BCUT2D eigenvalue weighted by Crippen LogP contribution is -2.29. The molecular formula is C20H21N3O2S. The summed E-state index contributed by atoms with van der Waals surface area (Å²) < 4.78 is 1.78. The lowest BCUT2D eigenvalue weighted by atomic mass is 10.1. The summed E-state index contributed by atoms with van der Waals surface area (Å²) in [6, 6.07) is 11.6. The molecule has 1 N–H and O–H groups in total. The summed E-state index contributed by atoms with van der Waals surface area (Å²) in [5.74, 6) is -0.918. The van der Waals surface area contributed by atoms with Gasteiger partial charge in [-0.1, -0.05) is 30.3 Å². The van der Waals surface area contributed by atoms with Gasteiger partial charge in [-0.25, -0.2) is 9.78 Å². The first-order chi connectivity index (χ1) is 12.7. The molecule has 1 aliphatic rings. The first-order valence-electron chi connectivity index (χ1n) is 8.89. The van der Waals surface area contributed by atoms with E-state index in [0.29, 0.717) is 6.54 Å². The van der Waals surface area contributed by atoms with Crippen LogP contribution in [0.4, 0.5) is 5.13 Å². The van der Waals surface area contributed by atoms with Crippen LogP contribution in [0.5, 0.6) is 0 Å². The molecule has 0 bridgehead atoms. The van der Waals surface area contributed by atoms with Gasteiger partial charge in [0.15, 0.2) is 5.13 Å². The minimum Gasteiger partial charge on any atom is -0.477 e. The minimum atomic E-state index is -0.918. The molecule has 0 spiro atoms. The number of anilines is 1. The Balaban J connectivity index is 1.58. The van der Waals surface area contributed by atoms with Crippen molar-refractivity contribution in [2.75, 3.05) is 18.0 Å². The Morgan fingerprint density at radius 2 is 1.88 bits per heavy atom. The van der Waals surface area contributed by atoms with Gasteiger partial charge in [0.1, 0.15) is 5.69 Å². The molecule has 1 fully saturated rings. The van der Waals surface area contributed by atoms with Crippen LogP contribution in [0.25, 0.3) is 11.1 Å². The summed E-state index contributed by atoms with van der Waals surface area (Å²) >= 11 is 1.65. The van der Waals surface area contributed by atoms with Crippen LogP contribution in [0.2, 0.25) is 0 Å². The molecule has 2 aromatic heterocycles. The van der Waals surface area contributed by atoms with Crippen molar-refractivity contribution in [3.63, 3.8) is 0 Å². The second-order valence-electron chi connectivity index (χ2n) is 6.58. The molecule has 0 atom stereocenters. The molecule has 3 aromatic rings. The van der Waals surface area contributed by atoms with Gasteiger partial charge in [0.05, 0.1) is 12.2 Å². The number of carboxylic acids is 1. The van der Waals surface area contributed by atoms with E-state index < -0.39 is 5.97 Å². The number of carboxylic acid groups (broad SMARTS) is 1. The molecule has 0 radical (unpaired) electrons. The number of rotatable bonds is 5. The predicted molar refractivity (Wildman–Crippen MR) is 104 cm³/mol. The fourth-order valence-corrected chi connectivity index (χ4v) is 4.25. The van der Waals surface area contributed by atoms with Gasteiger partial charge in [-0.15, -0.1) is 11.3 Å². The summed E-state index contributed by atoms with van der Waals surface area (Å²) in [6.45, 7) is 2.60. The topological polar surface area (TPSA) is 58.4 Å². The summed E-state index contributed by atoms with van der Waals surface area (Å²) in [6.07, 6.45) is 5.63. The number of carbonyl (C=O) groups is 1. The molecular weight excluding hydrogens is 346 g/mol. The summed E-state index contributed by atoms with van der Waals surface area (Å²) in [5, 5.41) is 12.7. The summed E-state index contributed by atoms with van der Waals surface area (Å²) in [7, 11) is 0. The molecule has 0 unspecified atom stereocenters. The van der Waals surface area contributed by atoms with Crippen LogP contribution in [0, 0.1) is 0 Å². The van der Waals surface area contributed by atoms with Crippen LogP contribution in [0.3, 0.4) is 0 Å². The molecule has 134 valence electrons. The van der Waals surface area contributed by atoms with Crippen molar-refractivity contribution < 1.29 is 9.90 Å². The summed E-state index contributed by atoms with van der Waals surface area (Å²) in [4.78, 5) is 18.7. The van der Waals surface area contributed by atoms with Crippen molar-refractivity contribution in [3.05, 3.63) is 59.4 Å². The number of aromatic nitrogens is 2. The van der Waals surface area contributed by atoms with Crippen LogP contribution in [-0.4, -0.2) is 33.7 Å². The van der Waals surface area contributed by atoms with Crippen molar-refractivity contribution in [3.8, 4) is 11.1 Å². The maximum atomic E-state index is 11.7. The Morgan fingerprint density at radius 3 is 2.62 bits per heavy atom. The number of piperidine rings is 1. The lowest BCUT2D eigenvalue weighted by molar-refractivity contribution is 0.0685. The fourth-order valence-electron chi connectivity index (χ4n) is 3.38. The number of hydrogen-bond acceptors (Lipinski definition) is 4. The third kappa shape index (κ3) is 3.51. The zero-order valence-electron chi connectivity index (χ0n) is 14.5. The molecule has 3 heterocycles. The van der Waals surface area contributed by atoms with Gasteiger partial charge in [-0.05, 0) is 30.9 Å². The Bertz CT molecular complexity index is 895. The van der Waals surface area contributed by atoms with Gasteiger partial charge in [0.25, 0.3) is 0 Å². The van der Waals surface area contributed by atoms with E-state index >= 15 is 0 Å². The SMILES string of the molecule is O=C(O)c1cc(-c2ccccc2)cn1Cc1csc(N2CCCCC2)n1. The molecule has 4 rings (SSSR count). The highest BCUT2D eigenvalue weighted by molar-refractivity contribution is 7.13. The molecule has 0 saturated carbocycles. The molecule has 6 heteroatoms. The lowest BCUT2D eigenvalue weighted by Gasteiger charge is -2.25. The van der Waals surface area contributed by atoms with Crippen LogP contribution in [0.15, 0.2) is 48.0 Å². The van der Waals surface area contributed by atoms with E-state index in [1.807, 2.05) is 41.9 Å². The molecule has 1 aromatic carbocycles. The van der Waals surface area contributed by atoms with Crippen LogP contribution >= 0.6 is 11.3 Å². The van der Waals surface area contributed by atoms with Crippen LogP contribution in [0.1, 0.15) is 35.4 Å². The molecule has 0 aliphatic carbocycles. The zero-order valence-corrected chi connectivity index (χ0v) is 15.3. The minimum absolute atomic E-state index is 0.288. The van der Waals surface area contributed by atoms with Crippen molar-refractivity contribution in [1.29, 1.82) is 0 Å². The number of aromatic carboxylic acids is 1. The highest BCUT2D eigenvalue weighted by Crippen LogP contribution is 2.26. The second-order valence-corrected chi connectivity index (χ2v) is 7.42. The van der Waals surface area contributed by atoms with E-state index in [1.165, 1.54) is 19.3 Å². The van der Waals surface area contributed by atoms with Crippen LogP contribution in [-0.2, 0) is 6.54 Å². The van der Waals surface area contributed by atoms with Gasteiger partial charge in [0, 0.05) is 30.2 Å². The number of hydrogen-bond donors (Lipinski definition) is 1. The van der Waals surface area contributed by atoms with Crippen molar-refractivity contribution in [2.45, 2.75) is 25.8 Å². The van der Waals surface area contributed by atoms with Crippen LogP contribution < -0.4 is 4.90 Å². The standard InChI is InChI=1S/C20H21N3O2S/c24-19(25)18-11-16(15-7-3-1-4-8-15)12-23(18)13-17-14-26-20(21-17)22-9-5-2-6-10-22/h1,3-4,7-8,11-12,14H,2,5-6,9-10,13H2,(H,24,25). The zero-order chi connectivity index (χ0) is 17.9. The largest absolute Gasteiger partial charge is 0.477 e. The highest BCUT2D eigenvalue weighted by atomic mass is 32.1. The van der Waals surface area contributed by atoms with E-state index in [4.69, 9.17) is 4.98 Å². The maximum absolute atomic E-state index is 11.7. The van der Waals surface area contributed by atoms with Crippen molar-refractivity contribution in [1.82, 2.24) is 9.55 Å². The van der Waals surface area contributed by atoms with E-state index in [1.54, 1.807) is 22.0 Å². The Morgan fingerprint density at radius 1 is 1.12 bits per heavy atom. The Labute approximate surface area is 156 Å². The third-order valence-electron chi connectivity index (χ3n) is 4.72. The van der Waals surface area contributed by atoms with Crippen molar-refractivity contribution in [2.24, 2.45) is 0 Å². The average Bonchev–Trinajstić information content (AvgIpc) is 3.31. The summed E-state index contributed by atoms with van der Waals surface area (Å²) in [5.41, 5.74) is 3.13. The van der Waals surface area contributed by atoms with E-state index in [9.17, 15) is 9.90 Å². The van der Waals surface area contributed by atoms with E-state index in [-0.39, 0.29) is 5.69 Å². The predicted octanol–water partition coefficient (Wildman–Crippen LogP) is 4.35.